The number of nitrogens with one attached hydrogen (secondary N) is 1. The average Bonchev–Trinajstić information content (AvgIpc) is 2.42. The molecule has 1 aromatic rings. The second-order valence-corrected chi connectivity index (χ2v) is 7.32. The van der Waals surface area contributed by atoms with Crippen LogP contribution in [0, 0.1) is 11.2 Å². The summed E-state index contributed by atoms with van der Waals surface area (Å²) in [7, 11) is 0. The van der Waals surface area contributed by atoms with Crippen LogP contribution in [0.4, 0.5) is 17.6 Å². The SMILES string of the molecule is CC(C)(C)[C@H](c1cc(C(F)(F)F)cc(Cl)c1F)N1CCNCC1.Cl. The van der Waals surface area contributed by atoms with Crippen LogP contribution in [0.25, 0.3) is 0 Å². The van der Waals surface area contributed by atoms with Crippen molar-refractivity contribution in [3.8, 4) is 0 Å². The van der Waals surface area contributed by atoms with E-state index in [-0.39, 0.29) is 18.0 Å². The Morgan fingerprint density at radius 1 is 1.12 bits per heavy atom. The monoisotopic (exact) mass is 388 g/mol. The molecular formula is C16H22Cl2F4N2. The highest BCUT2D eigenvalue weighted by molar-refractivity contribution is 6.30. The number of benzene rings is 1. The van der Waals surface area contributed by atoms with Crippen LogP contribution in [0.2, 0.25) is 5.02 Å². The quantitative estimate of drug-likeness (QED) is 0.723. The van der Waals surface area contributed by atoms with Crippen molar-refractivity contribution in [1.82, 2.24) is 10.2 Å². The molecule has 1 atom stereocenters. The van der Waals surface area contributed by atoms with Gasteiger partial charge in [0.1, 0.15) is 5.82 Å². The van der Waals surface area contributed by atoms with Crippen LogP contribution in [0.5, 0.6) is 0 Å². The summed E-state index contributed by atoms with van der Waals surface area (Å²) in [5.74, 6) is -0.766. The molecule has 2 nitrogen and oxygen atoms in total. The molecule has 1 N–H and O–H groups in total. The van der Waals surface area contributed by atoms with Crippen molar-refractivity contribution < 1.29 is 17.6 Å². The van der Waals surface area contributed by atoms with E-state index in [4.69, 9.17) is 11.6 Å². The van der Waals surface area contributed by atoms with E-state index >= 15 is 0 Å². The van der Waals surface area contributed by atoms with Gasteiger partial charge in [-0.1, -0.05) is 32.4 Å². The third kappa shape index (κ3) is 4.75. The van der Waals surface area contributed by atoms with Gasteiger partial charge in [-0.25, -0.2) is 4.39 Å². The fourth-order valence-electron chi connectivity index (χ4n) is 3.12. The first-order chi connectivity index (χ1) is 10.5. The van der Waals surface area contributed by atoms with Crippen molar-refractivity contribution >= 4 is 24.0 Å². The molecule has 1 saturated heterocycles. The Balaban J connectivity index is 0.00000288. The van der Waals surface area contributed by atoms with Gasteiger partial charge in [0.05, 0.1) is 10.6 Å². The minimum absolute atomic E-state index is 0. The van der Waals surface area contributed by atoms with Gasteiger partial charge in [-0.3, -0.25) is 4.90 Å². The van der Waals surface area contributed by atoms with Crippen LogP contribution in [-0.4, -0.2) is 31.1 Å². The van der Waals surface area contributed by atoms with Crippen molar-refractivity contribution in [2.24, 2.45) is 5.41 Å². The average molecular weight is 389 g/mol. The Hall–Kier alpha value is -0.560. The van der Waals surface area contributed by atoms with Gasteiger partial charge in [-0.05, 0) is 17.5 Å². The maximum Gasteiger partial charge on any atom is 0.416 e. The molecular weight excluding hydrogens is 367 g/mol. The number of hydrogen-bond donors (Lipinski definition) is 1. The largest absolute Gasteiger partial charge is 0.416 e. The Morgan fingerprint density at radius 2 is 1.67 bits per heavy atom. The molecule has 1 fully saturated rings. The lowest BCUT2D eigenvalue weighted by Crippen LogP contribution is -2.48. The van der Waals surface area contributed by atoms with E-state index in [1.54, 1.807) is 0 Å². The highest BCUT2D eigenvalue weighted by atomic mass is 35.5. The van der Waals surface area contributed by atoms with Gasteiger partial charge in [0.25, 0.3) is 0 Å². The third-order valence-electron chi connectivity index (χ3n) is 4.02. The minimum atomic E-state index is -4.56. The Kier molecular flexibility index (Phi) is 6.95. The molecule has 0 aliphatic carbocycles. The van der Waals surface area contributed by atoms with E-state index in [2.05, 4.69) is 5.32 Å². The van der Waals surface area contributed by atoms with Crippen LogP contribution < -0.4 is 5.32 Å². The summed E-state index contributed by atoms with van der Waals surface area (Å²) in [5, 5.41) is 2.71. The molecule has 2 rings (SSSR count). The van der Waals surface area contributed by atoms with Crippen LogP contribution in [0.3, 0.4) is 0 Å². The number of alkyl halides is 3. The van der Waals surface area contributed by atoms with Crippen LogP contribution in [0.1, 0.15) is 37.9 Å². The van der Waals surface area contributed by atoms with Crippen LogP contribution in [0.15, 0.2) is 12.1 Å². The van der Waals surface area contributed by atoms with Gasteiger partial charge in [0.2, 0.25) is 0 Å². The topological polar surface area (TPSA) is 15.3 Å². The third-order valence-corrected chi connectivity index (χ3v) is 4.29. The number of nitrogens with zero attached hydrogens (tertiary/aromatic N) is 1. The lowest BCUT2D eigenvalue weighted by Gasteiger charge is -2.43. The predicted octanol–water partition coefficient (Wildman–Crippen LogP) is 4.91. The zero-order chi connectivity index (χ0) is 17.4. The van der Waals surface area contributed by atoms with Crippen molar-refractivity contribution in [1.29, 1.82) is 0 Å². The molecule has 0 unspecified atom stereocenters. The zero-order valence-electron chi connectivity index (χ0n) is 13.8. The lowest BCUT2D eigenvalue weighted by atomic mass is 9.80. The van der Waals surface area contributed by atoms with E-state index in [1.165, 1.54) is 0 Å². The lowest BCUT2D eigenvalue weighted by molar-refractivity contribution is -0.137. The van der Waals surface area contributed by atoms with E-state index < -0.39 is 34.0 Å². The molecule has 1 aliphatic rings. The molecule has 0 saturated carbocycles. The Morgan fingerprint density at radius 3 is 2.12 bits per heavy atom. The summed E-state index contributed by atoms with van der Waals surface area (Å²) in [6, 6.07) is 1.07. The summed E-state index contributed by atoms with van der Waals surface area (Å²) in [5.41, 5.74) is -1.34. The maximum absolute atomic E-state index is 14.6. The summed E-state index contributed by atoms with van der Waals surface area (Å²) in [6.45, 7) is 8.43. The molecule has 1 aliphatic heterocycles. The molecule has 0 radical (unpaired) electrons. The molecule has 1 aromatic carbocycles. The maximum atomic E-state index is 14.6. The molecule has 138 valence electrons. The zero-order valence-corrected chi connectivity index (χ0v) is 15.4. The van der Waals surface area contributed by atoms with Gasteiger partial charge in [0.15, 0.2) is 0 Å². The second-order valence-electron chi connectivity index (χ2n) is 6.91. The smallest absolute Gasteiger partial charge is 0.314 e. The number of hydrogen-bond acceptors (Lipinski definition) is 2. The molecule has 0 spiro atoms. The fourth-order valence-corrected chi connectivity index (χ4v) is 3.35. The Bertz CT molecular complexity index is 564. The molecule has 0 aromatic heterocycles. The van der Waals surface area contributed by atoms with Crippen LogP contribution in [-0.2, 0) is 6.18 Å². The van der Waals surface area contributed by atoms with Crippen molar-refractivity contribution in [2.75, 3.05) is 26.2 Å². The summed E-state index contributed by atoms with van der Waals surface area (Å²) in [4.78, 5) is 2.02. The van der Waals surface area contributed by atoms with E-state index in [9.17, 15) is 17.6 Å². The van der Waals surface area contributed by atoms with Crippen LogP contribution >= 0.6 is 24.0 Å². The standard InChI is InChI=1S/C16H21ClF4N2.ClH/c1-15(2,3)14(23-6-4-22-5-7-23)11-8-10(16(19,20)21)9-12(17)13(11)18;/h8-9,14,22H,4-7H2,1-3H3;1H/t14-;/m0./s1. The molecule has 8 heteroatoms. The van der Waals surface area contributed by atoms with Crippen molar-refractivity contribution in [3.63, 3.8) is 0 Å². The summed E-state index contributed by atoms with van der Waals surface area (Å²) in [6.07, 6.45) is -4.56. The molecule has 1 heterocycles. The van der Waals surface area contributed by atoms with Gasteiger partial charge < -0.3 is 5.32 Å². The summed E-state index contributed by atoms with van der Waals surface area (Å²) < 4.78 is 53.8. The number of rotatable bonds is 2. The highest BCUT2D eigenvalue weighted by Gasteiger charge is 2.38. The van der Waals surface area contributed by atoms with E-state index in [1.807, 2.05) is 25.7 Å². The minimum Gasteiger partial charge on any atom is -0.314 e. The first-order valence-corrected chi connectivity index (χ1v) is 7.90. The first kappa shape index (κ1) is 21.5. The van der Waals surface area contributed by atoms with E-state index in [0.717, 1.165) is 19.2 Å². The predicted molar refractivity (Wildman–Crippen MR) is 90.3 cm³/mol. The normalized spacial score (nSPS) is 18.2. The molecule has 0 amide bonds. The first-order valence-electron chi connectivity index (χ1n) is 7.52. The fraction of sp³-hybridized carbons (Fsp3) is 0.625. The second kappa shape index (κ2) is 7.77. The van der Waals surface area contributed by atoms with Gasteiger partial charge in [-0.15, -0.1) is 12.4 Å². The summed E-state index contributed by atoms with van der Waals surface area (Å²) >= 11 is 5.75. The Labute approximate surface area is 151 Å². The van der Waals surface area contributed by atoms with E-state index in [0.29, 0.717) is 19.2 Å². The van der Waals surface area contributed by atoms with Gasteiger partial charge in [0, 0.05) is 37.8 Å². The number of halogens is 6. The van der Waals surface area contributed by atoms with Crippen molar-refractivity contribution in [3.05, 3.63) is 34.1 Å². The molecule has 0 bridgehead atoms. The van der Waals surface area contributed by atoms with Crippen molar-refractivity contribution in [2.45, 2.75) is 33.0 Å². The van der Waals surface area contributed by atoms with Gasteiger partial charge >= 0.3 is 6.18 Å². The van der Waals surface area contributed by atoms with Gasteiger partial charge in [-0.2, -0.15) is 13.2 Å². The molecule has 24 heavy (non-hydrogen) atoms. The number of piperazine rings is 1. The highest BCUT2D eigenvalue weighted by Crippen LogP contribution is 2.43.